The number of aryl methyl sites for hydroxylation is 3. The van der Waals surface area contributed by atoms with E-state index in [2.05, 4.69) is 4.72 Å². The number of nitro benzene ring substituents is 1. The SMILES string of the molecule is Cc1cc(C)c(NS(=O)(=O)c2cc([N+](=O)[O-])ccc2Cl)c(C)c1. The van der Waals surface area contributed by atoms with E-state index < -0.39 is 14.9 Å². The largest absolute Gasteiger partial charge is 0.279 e. The summed E-state index contributed by atoms with van der Waals surface area (Å²) in [4.78, 5) is 9.85. The van der Waals surface area contributed by atoms with Gasteiger partial charge in [0.15, 0.2) is 0 Å². The van der Waals surface area contributed by atoms with Crippen LogP contribution in [0.15, 0.2) is 35.2 Å². The zero-order valence-corrected chi connectivity index (χ0v) is 14.3. The number of sulfonamides is 1. The fraction of sp³-hybridized carbons (Fsp3) is 0.200. The van der Waals surface area contributed by atoms with Crippen molar-refractivity contribution in [3.8, 4) is 0 Å². The number of hydrogen-bond donors (Lipinski definition) is 1. The minimum Gasteiger partial charge on any atom is -0.279 e. The van der Waals surface area contributed by atoms with Crippen molar-refractivity contribution < 1.29 is 13.3 Å². The summed E-state index contributed by atoms with van der Waals surface area (Å²) < 4.78 is 27.6. The molecule has 0 aliphatic carbocycles. The molecule has 0 aliphatic heterocycles. The van der Waals surface area contributed by atoms with Crippen molar-refractivity contribution >= 4 is 33.0 Å². The van der Waals surface area contributed by atoms with Crippen LogP contribution in [-0.4, -0.2) is 13.3 Å². The normalized spacial score (nSPS) is 11.3. The van der Waals surface area contributed by atoms with E-state index in [9.17, 15) is 18.5 Å². The van der Waals surface area contributed by atoms with Gasteiger partial charge in [-0.15, -0.1) is 0 Å². The third-order valence-corrected chi connectivity index (χ3v) is 5.16. The van der Waals surface area contributed by atoms with Crippen molar-refractivity contribution in [2.75, 3.05) is 4.72 Å². The van der Waals surface area contributed by atoms with Crippen molar-refractivity contribution in [2.45, 2.75) is 25.7 Å². The van der Waals surface area contributed by atoms with Crippen molar-refractivity contribution in [1.82, 2.24) is 0 Å². The highest BCUT2D eigenvalue weighted by molar-refractivity contribution is 7.92. The molecule has 122 valence electrons. The monoisotopic (exact) mass is 354 g/mol. The van der Waals surface area contributed by atoms with Crippen molar-refractivity contribution in [1.29, 1.82) is 0 Å². The molecule has 8 heteroatoms. The summed E-state index contributed by atoms with van der Waals surface area (Å²) in [6, 6.07) is 7.00. The summed E-state index contributed by atoms with van der Waals surface area (Å²) in [7, 11) is -4.04. The summed E-state index contributed by atoms with van der Waals surface area (Å²) in [5, 5.41) is 10.8. The molecule has 2 aromatic rings. The molecule has 0 spiro atoms. The topological polar surface area (TPSA) is 89.3 Å². The Bertz CT molecular complexity index is 871. The molecule has 2 rings (SSSR count). The van der Waals surface area contributed by atoms with Crippen LogP contribution in [0, 0.1) is 30.9 Å². The lowest BCUT2D eigenvalue weighted by Gasteiger charge is -2.15. The lowest BCUT2D eigenvalue weighted by atomic mass is 10.1. The Morgan fingerprint density at radius 2 is 1.65 bits per heavy atom. The maximum Gasteiger partial charge on any atom is 0.270 e. The number of nitro groups is 1. The van der Waals surface area contributed by atoms with Gasteiger partial charge in [-0.1, -0.05) is 29.3 Å². The first kappa shape index (κ1) is 17.2. The molecule has 0 unspecified atom stereocenters. The van der Waals surface area contributed by atoms with Crippen LogP contribution in [0.2, 0.25) is 5.02 Å². The van der Waals surface area contributed by atoms with Gasteiger partial charge in [0.25, 0.3) is 15.7 Å². The number of anilines is 1. The molecule has 0 saturated carbocycles. The van der Waals surface area contributed by atoms with Crippen LogP contribution in [0.5, 0.6) is 0 Å². The van der Waals surface area contributed by atoms with E-state index in [1.807, 2.05) is 19.1 Å². The molecule has 23 heavy (non-hydrogen) atoms. The Labute approximate surface area is 139 Å². The highest BCUT2D eigenvalue weighted by Gasteiger charge is 2.23. The number of benzene rings is 2. The predicted octanol–water partition coefficient (Wildman–Crippen LogP) is 3.97. The molecule has 1 N–H and O–H groups in total. The molecular formula is C15H15ClN2O4S. The molecule has 0 aliphatic rings. The van der Waals surface area contributed by atoms with Crippen molar-refractivity contribution in [3.05, 3.63) is 62.2 Å². The second kappa shape index (κ2) is 6.17. The maximum absolute atomic E-state index is 12.6. The fourth-order valence-electron chi connectivity index (χ4n) is 2.34. The third-order valence-electron chi connectivity index (χ3n) is 3.33. The Hall–Kier alpha value is -2.12. The summed E-state index contributed by atoms with van der Waals surface area (Å²) in [5.74, 6) is 0. The third kappa shape index (κ3) is 3.62. The quantitative estimate of drug-likeness (QED) is 0.664. The van der Waals surface area contributed by atoms with Crippen LogP contribution in [0.25, 0.3) is 0 Å². The zero-order valence-electron chi connectivity index (χ0n) is 12.8. The highest BCUT2D eigenvalue weighted by atomic mass is 35.5. The van der Waals surface area contributed by atoms with Crippen molar-refractivity contribution in [2.24, 2.45) is 0 Å². The number of nitrogens with one attached hydrogen (secondary N) is 1. The lowest BCUT2D eigenvalue weighted by molar-refractivity contribution is -0.385. The number of halogens is 1. The minimum absolute atomic E-state index is 0.0782. The van der Waals surface area contributed by atoms with Gasteiger partial charge < -0.3 is 0 Å². The summed E-state index contributed by atoms with van der Waals surface area (Å²) in [6.45, 7) is 5.48. The molecule has 6 nitrogen and oxygen atoms in total. The van der Waals surface area contributed by atoms with Gasteiger partial charge in [0.05, 0.1) is 15.6 Å². The molecule has 0 radical (unpaired) electrons. The van der Waals surface area contributed by atoms with E-state index >= 15 is 0 Å². The summed E-state index contributed by atoms with van der Waals surface area (Å²) >= 11 is 5.91. The van der Waals surface area contributed by atoms with E-state index in [0.717, 1.165) is 28.8 Å². The van der Waals surface area contributed by atoms with E-state index in [4.69, 9.17) is 11.6 Å². The van der Waals surface area contributed by atoms with Gasteiger partial charge in [-0.2, -0.15) is 0 Å². The second-order valence-electron chi connectivity index (χ2n) is 5.25. The Kier molecular flexibility index (Phi) is 4.63. The first-order valence-electron chi connectivity index (χ1n) is 6.66. The second-order valence-corrected chi connectivity index (χ2v) is 7.31. The molecule has 0 atom stereocenters. The average molecular weight is 355 g/mol. The standard InChI is InChI=1S/C15H15ClN2O4S/c1-9-6-10(2)15(11(3)7-9)17-23(21,22)14-8-12(18(19)20)4-5-13(14)16/h4-8,17H,1-3H3. The summed E-state index contributed by atoms with van der Waals surface area (Å²) in [5.41, 5.74) is 2.63. The molecular weight excluding hydrogens is 340 g/mol. The van der Waals surface area contributed by atoms with Gasteiger partial charge in [-0.3, -0.25) is 14.8 Å². The lowest BCUT2D eigenvalue weighted by Crippen LogP contribution is -2.15. The van der Waals surface area contributed by atoms with E-state index in [0.29, 0.717) is 5.69 Å². The molecule has 0 saturated heterocycles. The van der Waals surface area contributed by atoms with E-state index in [1.165, 1.54) is 6.07 Å². The molecule has 0 amide bonds. The predicted molar refractivity (Wildman–Crippen MR) is 89.6 cm³/mol. The summed E-state index contributed by atoms with van der Waals surface area (Å²) in [6.07, 6.45) is 0. The van der Waals surface area contributed by atoms with Gasteiger partial charge in [-0.05, 0) is 38.0 Å². The highest BCUT2D eigenvalue weighted by Crippen LogP contribution is 2.30. The first-order chi connectivity index (χ1) is 10.6. The van der Waals surface area contributed by atoms with Crippen LogP contribution >= 0.6 is 11.6 Å². The van der Waals surface area contributed by atoms with Gasteiger partial charge in [-0.25, -0.2) is 8.42 Å². The van der Waals surface area contributed by atoms with Crippen LogP contribution in [0.4, 0.5) is 11.4 Å². The zero-order chi connectivity index (χ0) is 17.4. The van der Waals surface area contributed by atoms with Crippen molar-refractivity contribution in [3.63, 3.8) is 0 Å². The Balaban J connectivity index is 2.52. The number of rotatable bonds is 4. The van der Waals surface area contributed by atoms with Crippen LogP contribution in [0.3, 0.4) is 0 Å². The van der Waals surface area contributed by atoms with Gasteiger partial charge in [0.1, 0.15) is 4.90 Å². The first-order valence-corrected chi connectivity index (χ1v) is 8.52. The van der Waals surface area contributed by atoms with Gasteiger partial charge in [0, 0.05) is 12.1 Å². The number of hydrogen-bond acceptors (Lipinski definition) is 4. The number of non-ortho nitro benzene ring substituents is 1. The maximum atomic E-state index is 12.6. The van der Waals surface area contributed by atoms with Gasteiger partial charge in [0.2, 0.25) is 0 Å². The Morgan fingerprint density at radius 1 is 1.09 bits per heavy atom. The molecule has 0 fully saturated rings. The minimum atomic E-state index is -4.04. The van der Waals surface area contributed by atoms with Gasteiger partial charge >= 0.3 is 0 Å². The molecule has 0 heterocycles. The molecule has 0 aromatic heterocycles. The van der Waals surface area contributed by atoms with E-state index in [1.54, 1.807) is 13.8 Å². The van der Waals surface area contributed by atoms with E-state index in [-0.39, 0.29) is 15.6 Å². The Morgan fingerprint density at radius 3 is 2.17 bits per heavy atom. The van der Waals surface area contributed by atoms with Crippen LogP contribution < -0.4 is 4.72 Å². The molecule has 2 aromatic carbocycles. The average Bonchev–Trinajstić information content (AvgIpc) is 2.42. The van der Waals surface area contributed by atoms with Crippen LogP contribution in [-0.2, 0) is 10.0 Å². The molecule has 0 bridgehead atoms. The number of nitrogens with zero attached hydrogens (tertiary/aromatic N) is 1. The van der Waals surface area contributed by atoms with Crippen LogP contribution in [0.1, 0.15) is 16.7 Å². The smallest absolute Gasteiger partial charge is 0.270 e. The fourth-order valence-corrected chi connectivity index (χ4v) is 4.07.